The number of nitrogens with zero attached hydrogens (tertiary/aromatic N) is 1. The van der Waals surface area contributed by atoms with Crippen molar-refractivity contribution in [3.8, 4) is 0 Å². The Morgan fingerprint density at radius 2 is 1.73 bits per heavy atom. The van der Waals surface area contributed by atoms with Crippen molar-refractivity contribution in [1.82, 2.24) is 4.98 Å². The van der Waals surface area contributed by atoms with Crippen molar-refractivity contribution in [2.24, 2.45) is 0 Å². The SMILES string of the molecule is FC(F)c1c(Br)cc(Br)nc1C(F)(F)F. The van der Waals surface area contributed by atoms with E-state index in [2.05, 4.69) is 36.8 Å². The normalized spacial score (nSPS) is 12.3. The Balaban J connectivity index is 3.47. The third kappa shape index (κ3) is 2.87. The van der Waals surface area contributed by atoms with Gasteiger partial charge in [-0.2, -0.15) is 13.2 Å². The Morgan fingerprint density at radius 1 is 1.20 bits per heavy atom. The van der Waals surface area contributed by atoms with Crippen LogP contribution in [0.2, 0.25) is 0 Å². The average molecular weight is 355 g/mol. The van der Waals surface area contributed by atoms with Crippen LogP contribution in [0.25, 0.3) is 0 Å². The van der Waals surface area contributed by atoms with Gasteiger partial charge < -0.3 is 0 Å². The first-order valence-electron chi connectivity index (χ1n) is 3.44. The van der Waals surface area contributed by atoms with Gasteiger partial charge in [0.2, 0.25) is 0 Å². The van der Waals surface area contributed by atoms with Gasteiger partial charge in [0.05, 0.1) is 5.56 Å². The average Bonchev–Trinajstić information content (AvgIpc) is 1.99. The van der Waals surface area contributed by atoms with Crippen LogP contribution in [0, 0.1) is 0 Å². The molecule has 0 amide bonds. The molecule has 0 atom stereocenters. The highest BCUT2D eigenvalue weighted by Gasteiger charge is 2.39. The molecule has 84 valence electrons. The Morgan fingerprint density at radius 3 is 2.13 bits per heavy atom. The Bertz CT molecular complexity index is 376. The fourth-order valence-electron chi connectivity index (χ4n) is 0.918. The van der Waals surface area contributed by atoms with Crippen LogP contribution >= 0.6 is 31.9 Å². The maximum Gasteiger partial charge on any atom is 0.433 e. The molecule has 0 saturated heterocycles. The second kappa shape index (κ2) is 4.32. The summed E-state index contributed by atoms with van der Waals surface area (Å²) in [4.78, 5) is 3.01. The zero-order chi connectivity index (χ0) is 11.8. The van der Waals surface area contributed by atoms with E-state index in [0.29, 0.717) is 0 Å². The second-order valence-electron chi connectivity index (χ2n) is 2.49. The standard InChI is InChI=1S/C7H2Br2F5N/c8-2-1-3(9)15-5(7(12,13)14)4(2)6(10)11/h1,6H. The number of hydrogen-bond donors (Lipinski definition) is 0. The zero-order valence-electron chi connectivity index (χ0n) is 6.75. The Hall–Kier alpha value is -0.240. The number of alkyl halides is 5. The first-order valence-corrected chi connectivity index (χ1v) is 5.03. The molecule has 0 spiro atoms. The number of rotatable bonds is 1. The molecule has 15 heavy (non-hydrogen) atoms. The van der Waals surface area contributed by atoms with Gasteiger partial charge in [-0.1, -0.05) is 15.9 Å². The summed E-state index contributed by atoms with van der Waals surface area (Å²) >= 11 is 5.34. The summed E-state index contributed by atoms with van der Waals surface area (Å²) in [5.41, 5.74) is -2.73. The van der Waals surface area contributed by atoms with Crippen molar-refractivity contribution in [3.05, 3.63) is 26.4 Å². The van der Waals surface area contributed by atoms with E-state index >= 15 is 0 Å². The first-order chi connectivity index (χ1) is 6.73. The van der Waals surface area contributed by atoms with Crippen LogP contribution in [0.5, 0.6) is 0 Å². The fourth-order valence-corrected chi connectivity index (χ4v) is 2.21. The number of pyridine rings is 1. The quantitative estimate of drug-likeness (QED) is 0.532. The molecule has 1 rings (SSSR count). The molecule has 1 aromatic heterocycles. The summed E-state index contributed by atoms with van der Waals surface area (Å²) in [5, 5.41) is 0. The minimum absolute atomic E-state index is 0.161. The highest BCUT2D eigenvalue weighted by atomic mass is 79.9. The molecule has 8 heteroatoms. The van der Waals surface area contributed by atoms with Crippen LogP contribution in [0.3, 0.4) is 0 Å². The lowest BCUT2D eigenvalue weighted by Crippen LogP contribution is -2.13. The van der Waals surface area contributed by atoms with E-state index in [4.69, 9.17) is 0 Å². The topological polar surface area (TPSA) is 12.9 Å². The van der Waals surface area contributed by atoms with E-state index in [1.807, 2.05) is 0 Å². The van der Waals surface area contributed by atoms with Crippen molar-refractivity contribution < 1.29 is 22.0 Å². The predicted molar refractivity (Wildman–Crippen MR) is 49.6 cm³/mol. The number of halogens is 7. The van der Waals surface area contributed by atoms with Gasteiger partial charge in [0.15, 0.2) is 5.69 Å². The summed E-state index contributed by atoms with van der Waals surface area (Å²) in [6.45, 7) is 0. The van der Waals surface area contributed by atoms with Crippen LogP contribution in [0.1, 0.15) is 17.7 Å². The van der Waals surface area contributed by atoms with Crippen LogP contribution < -0.4 is 0 Å². The molecule has 0 saturated carbocycles. The Labute approximate surface area is 97.9 Å². The summed E-state index contributed by atoms with van der Waals surface area (Å²) < 4.78 is 61.2. The fraction of sp³-hybridized carbons (Fsp3) is 0.286. The molecule has 0 aliphatic heterocycles. The van der Waals surface area contributed by atoms with Crippen LogP contribution in [-0.4, -0.2) is 4.98 Å². The highest BCUT2D eigenvalue weighted by Crippen LogP contribution is 2.39. The van der Waals surface area contributed by atoms with E-state index in [9.17, 15) is 22.0 Å². The molecule has 0 fully saturated rings. The van der Waals surface area contributed by atoms with Gasteiger partial charge in [0.25, 0.3) is 6.43 Å². The lowest BCUT2D eigenvalue weighted by Gasteiger charge is -2.13. The maximum atomic E-state index is 12.4. The molecule has 0 N–H and O–H groups in total. The molecule has 0 unspecified atom stereocenters. The van der Waals surface area contributed by atoms with Crippen molar-refractivity contribution in [2.45, 2.75) is 12.6 Å². The third-order valence-corrected chi connectivity index (χ3v) is 2.53. The lowest BCUT2D eigenvalue weighted by molar-refractivity contribution is -0.143. The summed E-state index contributed by atoms with van der Waals surface area (Å²) in [7, 11) is 0. The minimum Gasteiger partial charge on any atom is -0.236 e. The van der Waals surface area contributed by atoms with Gasteiger partial charge >= 0.3 is 6.18 Å². The molecular formula is C7H2Br2F5N. The van der Waals surface area contributed by atoms with E-state index in [1.165, 1.54) is 0 Å². The van der Waals surface area contributed by atoms with Gasteiger partial charge in [-0.3, -0.25) is 0 Å². The van der Waals surface area contributed by atoms with Gasteiger partial charge in [0.1, 0.15) is 4.60 Å². The predicted octanol–water partition coefficient (Wildman–Crippen LogP) is 4.56. The van der Waals surface area contributed by atoms with E-state index in [0.717, 1.165) is 6.07 Å². The van der Waals surface area contributed by atoms with Gasteiger partial charge in [-0.15, -0.1) is 0 Å². The van der Waals surface area contributed by atoms with Crippen molar-refractivity contribution in [2.75, 3.05) is 0 Å². The van der Waals surface area contributed by atoms with Gasteiger partial charge in [-0.05, 0) is 22.0 Å². The second-order valence-corrected chi connectivity index (χ2v) is 4.15. The van der Waals surface area contributed by atoms with Crippen LogP contribution in [-0.2, 0) is 6.18 Å². The van der Waals surface area contributed by atoms with E-state index < -0.39 is 23.9 Å². The molecule has 1 nitrogen and oxygen atoms in total. The molecule has 0 aliphatic rings. The minimum atomic E-state index is -4.90. The van der Waals surface area contributed by atoms with Crippen LogP contribution in [0.15, 0.2) is 15.1 Å². The maximum absolute atomic E-state index is 12.4. The van der Waals surface area contributed by atoms with Gasteiger partial charge in [-0.25, -0.2) is 13.8 Å². The molecule has 0 bridgehead atoms. The van der Waals surface area contributed by atoms with Crippen molar-refractivity contribution in [3.63, 3.8) is 0 Å². The third-order valence-electron chi connectivity index (χ3n) is 1.46. The van der Waals surface area contributed by atoms with Crippen molar-refractivity contribution >= 4 is 31.9 Å². The summed E-state index contributed by atoms with van der Waals surface area (Å²) in [6, 6.07) is 1.04. The Kier molecular flexibility index (Phi) is 3.70. The first kappa shape index (κ1) is 12.8. The summed E-state index contributed by atoms with van der Waals surface area (Å²) in [5.74, 6) is 0. The number of hydrogen-bond acceptors (Lipinski definition) is 1. The molecule has 1 aromatic rings. The summed E-state index contributed by atoms with van der Waals surface area (Å²) in [6.07, 6.45) is -8.14. The zero-order valence-corrected chi connectivity index (χ0v) is 9.92. The van der Waals surface area contributed by atoms with Crippen LogP contribution in [0.4, 0.5) is 22.0 Å². The molecule has 0 radical (unpaired) electrons. The smallest absolute Gasteiger partial charge is 0.236 e. The van der Waals surface area contributed by atoms with Gasteiger partial charge in [0, 0.05) is 4.47 Å². The molecule has 0 aromatic carbocycles. The van der Waals surface area contributed by atoms with Crippen molar-refractivity contribution in [1.29, 1.82) is 0 Å². The molecule has 1 heterocycles. The molecule has 0 aliphatic carbocycles. The monoisotopic (exact) mass is 353 g/mol. The largest absolute Gasteiger partial charge is 0.433 e. The molecular weight excluding hydrogens is 353 g/mol. The number of aromatic nitrogens is 1. The lowest BCUT2D eigenvalue weighted by atomic mass is 10.2. The van der Waals surface area contributed by atoms with E-state index in [1.54, 1.807) is 0 Å². The highest BCUT2D eigenvalue weighted by molar-refractivity contribution is 9.11. The van der Waals surface area contributed by atoms with E-state index in [-0.39, 0.29) is 9.08 Å².